The standard InChI is InChI=1S/C21H21F2N3O2S/c1-4-12-8-9-15-16(10-12)29-21(24-15)26-20(28)18(11(2)3)25-19(27)17-13(22)6-5-7-14(17)23/h5-11,18H,4H2,1-3H3,(H,25,27)(H,24,26,28)/t18-/m0/s1. The molecule has 0 aliphatic carbocycles. The second kappa shape index (κ2) is 8.65. The van der Waals surface area contributed by atoms with Crippen molar-refractivity contribution in [2.45, 2.75) is 33.2 Å². The number of aromatic nitrogens is 1. The molecule has 2 N–H and O–H groups in total. The van der Waals surface area contributed by atoms with Crippen molar-refractivity contribution in [1.82, 2.24) is 10.3 Å². The van der Waals surface area contributed by atoms with Gasteiger partial charge >= 0.3 is 0 Å². The summed E-state index contributed by atoms with van der Waals surface area (Å²) in [6, 6.07) is 8.06. The highest BCUT2D eigenvalue weighted by molar-refractivity contribution is 7.22. The lowest BCUT2D eigenvalue weighted by atomic mass is 10.0. The third-order valence-electron chi connectivity index (χ3n) is 4.52. The van der Waals surface area contributed by atoms with E-state index in [1.807, 2.05) is 18.2 Å². The third-order valence-corrected chi connectivity index (χ3v) is 5.45. The number of halogens is 2. The quantitative estimate of drug-likeness (QED) is 0.619. The number of benzene rings is 2. The van der Waals surface area contributed by atoms with Gasteiger partial charge in [0.25, 0.3) is 5.91 Å². The number of thiazole rings is 1. The van der Waals surface area contributed by atoms with Crippen LogP contribution in [0.15, 0.2) is 36.4 Å². The number of rotatable bonds is 6. The molecule has 8 heteroatoms. The molecule has 0 aliphatic heterocycles. The summed E-state index contributed by atoms with van der Waals surface area (Å²) in [5.74, 6) is -3.76. The fraction of sp³-hybridized carbons (Fsp3) is 0.286. The fourth-order valence-electron chi connectivity index (χ4n) is 2.89. The lowest BCUT2D eigenvalue weighted by Crippen LogP contribution is -2.47. The van der Waals surface area contributed by atoms with Crippen LogP contribution in [0.25, 0.3) is 10.2 Å². The van der Waals surface area contributed by atoms with E-state index in [9.17, 15) is 18.4 Å². The van der Waals surface area contributed by atoms with Crippen molar-refractivity contribution in [3.63, 3.8) is 0 Å². The Balaban J connectivity index is 1.78. The molecule has 0 saturated heterocycles. The SMILES string of the molecule is CCc1ccc2nc(NC(=O)[C@@H](NC(=O)c3c(F)cccc3F)C(C)C)sc2c1. The molecule has 0 saturated carbocycles. The van der Waals surface area contributed by atoms with Gasteiger partial charge in [0.2, 0.25) is 5.91 Å². The van der Waals surface area contributed by atoms with E-state index < -0.39 is 35.1 Å². The lowest BCUT2D eigenvalue weighted by molar-refractivity contribution is -0.118. The van der Waals surface area contributed by atoms with Crippen LogP contribution < -0.4 is 10.6 Å². The van der Waals surface area contributed by atoms with Crippen LogP contribution in [0.1, 0.15) is 36.7 Å². The first-order valence-corrected chi connectivity index (χ1v) is 10.1. The second-order valence-electron chi connectivity index (χ2n) is 6.96. The number of nitrogens with zero attached hydrogens (tertiary/aromatic N) is 1. The van der Waals surface area contributed by atoms with E-state index in [-0.39, 0.29) is 5.92 Å². The number of hydrogen-bond donors (Lipinski definition) is 2. The molecule has 1 heterocycles. The number of anilines is 1. The van der Waals surface area contributed by atoms with Crippen LogP contribution in [0.5, 0.6) is 0 Å². The van der Waals surface area contributed by atoms with Crippen molar-refractivity contribution in [3.05, 3.63) is 59.2 Å². The van der Waals surface area contributed by atoms with E-state index in [2.05, 4.69) is 22.5 Å². The Labute approximate surface area is 171 Å². The summed E-state index contributed by atoms with van der Waals surface area (Å²) in [7, 11) is 0. The molecule has 2 amide bonds. The molecule has 0 aliphatic rings. The molecule has 0 unspecified atom stereocenters. The zero-order chi connectivity index (χ0) is 21.1. The topological polar surface area (TPSA) is 71.1 Å². The molecule has 1 atom stereocenters. The largest absolute Gasteiger partial charge is 0.340 e. The zero-order valence-electron chi connectivity index (χ0n) is 16.3. The second-order valence-corrected chi connectivity index (χ2v) is 7.99. The van der Waals surface area contributed by atoms with Crippen molar-refractivity contribution in [2.75, 3.05) is 5.32 Å². The van der Waals surface area contributed by atoms with Gasteiger partial charge < -0.3 is 10.6 Å². The van der Waals surface area contributed by atoms with Gasteiger partial charge in [0, 0.05) is 0 Å². The number of carbonyl (C=O) groups is 2. The van der Waals surface area contributed by atoms with Crippen molar-refractivity contribution < 1.29 is 18.4 Å². The minimum atomic E-state index is -0.986. The predicted octanol–water partition coefficient (Wildman–Crippen LogP) is 4.53. The van der Waals surface area contributed by atoms with Gasteiger partial charge in [0.05, 0.1) is 10.2 Å². The van der Waals surface area contributed by atoms with Crippen molar-refractivity contribution in [1.29, 1.82) is 0 Å². The Hall–Kier alpha value is -2.87. The Bertz CT molecular complexity index is 1050. The van der Waals surface area contributed by atoms with E-state index in [0.717, 1.165) is 28.8 Å². The van der Waals surface area contributed by atoms with Crippen LogP contribution in [-0.4, -0.2) is 22.8 Å². The molecule has 0 bridgehead atoms. The first-order chi connectivity index (χ1) is 13.8. The summed E-state index contributed by atoms with van der Waals surface area (Å²) in [6.45, 7) is 5.52. The number of carbonyl (C=O) groups excluding carboxylic acids is 2. The summed E-state index contributed by atoms with van der Waals surface area (Å²) in [5.41, 5.74) is 1.22. The maximum absolute atomic E-state index is 13.9. The third kappa shape index (κ3) is 4.59. The number of aryl methyl sites for hydroxylation is 1. The Kier molecular flexibility index (Phi) is 6.22. The van der Waals surface area contributed by atoms with Gasteiger partial charge in [-0.15, -0.1) is 0 Å². The molecule has 0 spiro atoms. The Morgan fingerprint density at radius 1 is 1.14 bits per heavy atom. The highest BCUT2D eigenvalue weighted by Gasteiger charge is 2.28. The zero-order valence-corrected chi connectivity index (χ0v) is 17.1. The summed E-state index contributed by atoms with van der Waals surface area (Å²) in [5, 5.41) is 5.53. The van der Waals surface area contributed by atoms with Gasteiger partial charge in [0.1, 0.15) is 23.2 Å². The molecule has 3 rings (SSSR count). The maximum atomic E-state index is 13.9. The first-order valence-electron chi connectivity index (χ1n) is 9.25. The average molecular weight is 417 g/mol. The maximum Gasteiger partial charge on any atom is 0.257 e. The smallest absolute Gasteiger partial charge is 0.257 e. The molecule has 3 aromatic rings. The van der Waals surface area contributed by atoms with Gasteiger partial charge in [-0.25, -0.2) is 13.8 Å². The van der Waals surface area contributed by atoms with E-state index >= 15 is 0 Å². The summed E-state index contributed by atoms with van der Waals surface area (Å²) in [4.78, 5) is 29.5. The van der Waals surface area contributed by atoms with Crippen molar-refractivity contribution >= 4 is 38.5 Å². The molecule has 2 aromatic carbocycles. The number of amides is 2. The van der Waals surface area contributed by atoms with Gasteiger partial charge in [-0.2, -0.15) is 0 Å². The van der Waals surface area contributed by atoms with Crippen LogP contribution in [-0.2, 0) is 11.2 Å². The van der Waals surface area contributed by atoms with Gasteiger partial charge in [-0.1, -0.05) is 44.2 Å². The molecular weight excluding hydrogens is 396 g/mol. The van der Waals surface area contributed by atoms with Crippen molar-refractivity contribution in [3.8, 4) is 0 Å². The monoisotopic (exact) mass is 417 g/mol. The minimum absolute atomic E-state index is 0.310. The average Bonchev–Trinajstić information content (AvgIpc) is 3.06. The molecule has 0 fully saturated rings. The van der Waals surface area contributed by atoms with Crippen LogP contribution >= 0.6 is 11.3 Å². The molecule has 29 heavy (non-hydrogen) atoms. The number of nitrogens with one attached hydrogen (secondary N) is 2. The predicted molar refractivity (Wildman–Crippen MR) is 110 cm³/mol. The van der Waals surface area contributed by atoms with E-state index in [0.29, 0.717) is 5.13 Å². The van der Waals surface area contributed by atoms with Crippen LogP contribution in [0, 0.1) is 17.6 Å². The highest BCUT2D eigenvalue weighted by Crippen LogP contribution is 2.27. The molecular formula is C21H21F2N3O2S. The molecule has 152 valence electrons. The van der Waals surface area contributed by atoms with Crippen LogP contribution in [0.3, 0.4) is 0 Å². The lowest BCUT2D eigenvalue weighted by Gasteiger charge is -2.21. The number of hydrogen-bond acceptors (Lipinski definition) is 4. The summed E-state index contributed by atoms with van der Waals surface area (Å²) >= 11 is 1.33. The Morgan fingerprint density at radius 2 is 1.83 bits per heavy atom. The van der Waals surface area contributed by atoms with Gasteiger partial charge in [0.15, 0.2) is 5.13 Å². The highest BCUT2D eigenvalue weighted by atomic mass is 32.1. The van der Waals surface area contributed by atoms with Gasteiger partial charge in [-0.05, 0) is 42.2 Å². The number of fused-ring (bicyclic) bond motifs is 1. The molecule has 5 nitrogen and oxygen atoms in total. The molecule has 0 radical (unpaired) electrons. The minimum Gasteiger partial charge on any atom is -0.340 e. The van der Waals surface area contributed by atoms with E-state index in [4.69, 9.17) is 0 Å². The molecule has 1 aromatic heterocycles. The van der Waals surface area contributed by atoms with Crippen molar-refractivity contribution in [2.24, 2.45) is 5.92 Å². The summed E-state index contributed by atoms with van der Waals surface area (Å²) < 4.78 is 28.7. The fourth-order valence-corrected chi connectivity index (χ4v) is 3.82. The normalized spacial score (nSPS) is 12.2. The van der Waals surface area contributed by atoms with Crippen LogP contribution in [0.2, 0.25) is 0 Å². The van der Waals surface area contributed by atoms with Crippen LogP contribution in [0.4, 0.5) is 13.9 Å². The van der Waals surface area contributed by atoms with E-state index in [1.54, 1.807) is 13.8 Å². The Morgan fingerprint density at radius 3 is 2.45 bits per heavy atom. The van der Waals surface area contributed by atoms with Gasteiger partial charge in [-0.3, -0.25) is 9.59 Å². The van der Waals surface area contributed by atoms with E-state index in [1.165, 1.54) is 23.0 Å². The first kappa shape index (κ1) is 20.9. The summed E-state index contributed by atoms with van der Waals surface area (Å²) in [6.07, 6.45) is 0.892.